The highest BCUT2D eigenvalue weighted by molar-refractivity contribution is 6.30. The largest absolute Gasteiger partial charge is 0.497 e. The molecule has 0 unspecified atom stereocenters. The molecule has 0 spiro atoms. The van der Waals surface area contributed by atoms with E-state index < -0.39 is 0 Å². The molecule has 0 amide bonds. The number of ether oxygens (including phenoxy) is 2. The first kappa shape index (κ1) is 19.7. The fourth-order valence-corrected chi connectivity index (χ4v) is 2.97. The summed E-state index contributed by atoms with van der Waals surface area (Å²) in [6.07, 6.45) is 0. The van der Waals surface area contributed by atoms with Crippen LogP contribution in [0.15, 0.2) is 77.2 Å². The van der Waals surface area contributed by atoms with Crippen molar-refractivity contribution in [2.24, 2.45) is 0 Å². The van der Waals surface area contributed by atoms with Gasteiger partial charge in [-0.05, 0) is 36.4 Å². The Morgan fingerprint density at radius 2 is 1.77 bits per heavy atom. The quantitative estimate of drug-likeness (QED) is 0.382. The van der Waals surface area contributed by atoms with Crippen LogP contribution in [0.2, 0.25) is 5.02 Å². The molecule has 4 aromatic rings. The second kappa shape index (κ2) is 8.80. The monoisotopic (exact) mass is 420 g/mol. The van der Waals surface area contributed by atoms with E-state index in [2.05, 4.69) is 10.2 Å². The van der Waals surface area contributed by atoms with Crippen molar-refractivity contribution in [2.75, 3.05) is 7.11 Å². The Labute approximate surface area is 178 Å². The maximum atomic E-state index is 12.9. The van der Waals surface area contributed by atoms with E-state index in [0.717, 1.165) is 5.56 Å². The Balaban J connectivity index is 1.55. The zero-order valence-corrected chi connectivity index (χ0v) is 16.8. The molecule has 0 aliphatic rings. The third kappa shape index (κ3) is 4.34. The van der Waals surface area contributed by atoms with E-state index in [1.807, 2.05) is 18.2 Å². The molecule has 150 valence electrons. The lowest BCUT2D eigenvalue weighted by atomic mass is 10.0. The van der Waals surface area contributed by atoms with Gasteiger partial charge in [0, 0.05) is 22.2 Å². The molecule has 7 heteroatoms. The van der Waals surface area contributed by atoms with Gasteiger partial charge in [-0.2, -0.15) is 0 Å². The molecule has 0 saturated carbocycles. The van der Waals surface area contributed by atoms with Crippen LogP contribution in [0, 0.1) is 0 Å². The SMILES string of the molecule is COc1ccc(C(=O)c2ccccc2)c(OCc2nnc(-c3ccc(Cl)cc3)o2)c1. The molecule has 0 N–H and O–H groups in total. The standard InChI is InChI=1S/C23H17ClN2O4/c1-28-18-11-12-19(22(27)15-5-3-2-4-6-15)20(13-18)29-14-21-25-26-23(30-21)16-7-9-17(24)10-8-16/h2-13H,14H2,1H3. The molecular weight excluding hydrogens is 404 g/mol. The lowest BCUT2D eigenvalue weighted by Crippen LogP contribution is -2.06. The van der Waals surface area contributed by atoms with E-state index in [1.165, 1.54) is 0 Å². The minimum absolute atomic E-state index is 0.00280. The number of nitrogens with zero attached hydrogens (tertiary/aromatic N) is 2. The molecule has 0 radical (unpaired) electrons. The molecule has 0 aliphatic heterocycles. The van der Waals surface area contributed by atoms with Crippen molar-refractivity contribution in [3.63, 3.8) is 0 Å². The van der Waals surface area contributed by atoms with Gasteiger partial charge in [0.25, 0.3) is 5.89 Å². The summed E-state index contributed by atoms with van der Waals surface area (Å²) in [5, 5.41) is 8.67. The van der Waals surface area contributed by atoms with Gasteiger partial charge in [0.15, 0.2) is 12.4 Å². The maximum Gasteiger partial charge on any atom is 0.254 e. The third-order valence-corrected chi connectivity index (χ3v) is 4.63. The topological polar surface area (TPSA) is 74.5 Å². The van der Waals surface area contributed by atoms with Crippen LogP contribution in [0.1, 0.15) is 21.8 Å². The lowest BCUT2D eigenvalue weighted by Gasteiger charge is -2.11. The van der Waals surface area contributed by atoms with Gasteiger partial charge in [0.2, 0.25) is 5.89 Å². The van der Waals surface area contributed by atoms with Crippen LogP contribution in [0.25, 0.3) is 11.5 Å². The molecule has 1 aromatic heterocycles. The summed E-state index contributed by atoms with van der Waals surface area (Å²) in [6.45, 7) is 0.00280. The number of methoxy groups -OCH3 is 1. The Morgan fingerprint density at radius 1 is 1.00 bits per heavy atom. The highest BCUT2D eigenvalue weighted by atomic mass is 35.5. The second-order valence-electron chi connectivity index (χ2n) is 6.35. The third-order valence-electron chi connectivity index (χ3n) is 4.38. The Hall–Kier alpha value is -3.64. The number of halogens is 1. The van der Waals surface area contributed by atoms with Crippen LogP contribution in [0.3, 0.4) is 0 Å². The molecular formula is C23H17ClN2O4. The molecule has 0 aliphatic carbocycles. The predicted octanol–water partition coefficient (Wildman–Crippen LogP) is 5.21. The van der Waals surface area contributed by atoms with Crippen LogP contribution >= 0.6 is 11.6 Å². The lowest BCUT2D eigenvalue weighted by molar-refractivity contribution is 0.103. The highest BCUT2D eigenvalue weighted by Crippen LogP contribution is 2.28. The van der Waals surface area contributed by atoms with Crippen LogP contribution in [-0.4, -0.2) is 23.1 Å². The van der Waals surface area contributed by atoms with E-state index in [4.69, 9.17) is 25.5 Å². The fraction of sp³-hybridized carbons (Fsp3) is 0.0870. The molecule has 3 aromatic carbocycles. The number of rotatable bonds is 7. The molecule has 1 heterocycles. The van der Waals surface area contributed by atoms with Crippen LogP contribution in [-0.2, 0) is 6.61 Å². The molecule has 0 saturated heterocycles. The number of ketones is 1. The summed E-state index contributed by atoms with van der Waals surface area (Å²) in [6, 6.07) is 21.1. The molecule has 4 rings (SSSR count). The maximum absolute atomic E-state index is 12.9. The fourth-order valence-electron chi connectivity index (χ4n) is 2.84. The molecule has 0 atom stereocenters. The minimum Gasteiger partial charge on any atom is -0.497 e. The van der Waals surface area contributed by atoms with E-state index in [1.54, 1.807) is 61.7 Å². The van der Waals surface area contributed by atoms with Gasteiger partial charge in [0.1, 0.15) is 11.5 Å². The van der Waals surface area contributed by atoms with E-state index in [-0.39, 0.29) is 18.3 Å². The summed E-state index contributed by atoms with van der Waals surface area (Å²) in [5.74, 6) is 1.43. The van der Waals surface area contributed by atoms with Gasteiger partial charge in [-0.1, -0.05) is 41.9 Å². The summed E-state index contributed by atoms with van der Waals surface area (Å²) in [7, 11) is 1.55. The van der Waals surface area contributed by atoms with Crippen molar-refractivity contribution in [3.8, 4) is 23.0 Å². The first-order chi connectivity index (χ1) is 14.6. The van der Waals surface area contributed by atoms with E-state index >= 15 is 0 Å². The zero-order valence-electron chi connectivity index (χ0n) is 16.0. The minimum atomic E-state index is -0.152. The normalized spacial score (nSPS) is 10.6. The van der Waals surface area contributed by atoms with Gasteiger partial charge in [-0.3, -0.25) is 4.79 Å². The van der Waals surface area contributed by atoms with Crippen molar-refractivity contribution in [1.29, 1.82) is 0 Å². The summed E-state index contributed by atoms with van der Waals surface area (Å²) in [5.41, 5.74) is 1.73. The Morgan fingerprint density at radius 3 is 2.50 bits per heavy atom. The molecule has 0 bridgehead atoms. The van der Waals surface area contributed by atoms with Crippen LogP contribution in [0.4, 0.5) is 0 Å². The number of hydrogen-bond acceptors (Lipinski definition) is 6. The number of benzene rings is 3. The van der Waals surface area contributed by atoms with Crippen LogP contribution < -0.4 is 9.47 Å². The van der Waals surface area contributed by atoms with Gasteiger partial charge < -0.3 is 13.9 Å². The van der Waals surface area contributed by atoms with E-state index in [0.29, 0.717) is 33.5 Å². The van der Waals surface area contributed by atoms with Crippen molar-refractivity contribution in [1.82, 2.24) is 10.2 Å². The van der Waals surface area contributed by atoms with Gasteiger partial charge >= 0.3 is 0 Å². The Bertz CT molecular complexity index is 1160. The van der Waals surface area contributed by atoms with Crippen molar-refractivity contribution < 1.29 is 18.7 Å². The number of carbonyl (C=O) groups excluding carboxylic acids is 1. The Kier molecular flexibility index (Phi) is 5.77. The summed E-state index contributed by atoms with van der Waals surface area (Å²) < 4.78 is 16.8. The van der Waals surface area contributed by atoms with E-state index in [9.17, 15) is 4.79 Å². The molecule has 6 nitrogen and oxygen atoms in total. The average molecular weight is 421 g/mol. The van der Waals surface area contributed by atoms with Crippen molar-refractivity contribution in [2.45, 2.75) is 6.61 Å². The highest BCUT2D eigenvalue weighted by Gasteiger charge is 2.17. The van der Waals surface area contributed by atoms with Gasteiger partial charge in [0.05, 0.1) is 12.7 Å². The predicted molar refractivity (Wildman–Crippen MR) is 112 cm³/mol. The smallest absolute Gasteiger partial charge is 0.254 e. The van der Waals surface area contributed by atoms with Crippen molar-refractivity contribution >= 4 is 17.4 Å². The summed E-state index contributed by atoms with van der Waals surface area (Å²) in [4.78, 5) is 12.9. The van der Waals surface area contributed by atoms with Crippen molar-refractivity contribution in [3.05, 3.63) is 94.8 Å². The molecule has 0 fully saturated rings. The van der Waals surface area contributed by atoms with Crippen LogP contribution in [0.5, 0.6) is 11.5 Å². The first-order valence-electron chi connectivity index (χ1n) is 9.13. The zero-order chi connectivity index (χ0) is 20.9. The summed E-state index contributed by atoms with van der Waals surface area (Å²) >= 11 is 5.91. The van der Waals surface area contributed by atoms with Gasteiger partial charge in [-0.25, -0.2) is 0 Å². The van der Waals surface area contributed by atoms with Gasteiger partial charge in [-0.15, -0.1) is 10.2 Å². The average Bonchev–Trinajstić information content (AvgIpc) is 3.27. The molecule has 30 heavy (non-hydrogen) atoms. The first-order valence-corrected chi connectivity index (χ1v) is 9.51. The number of hydrogen-bond donors (Lipinski definition) is 0. The number of aromatic nitrogens is 2. The second-order valence-corrected chi connectivity index (χ2v) is 6.79. The number of carbonyl (C=O) groups is 1.